The summed E-state index contributed by atoms with van der Waals surface area (Å²) in [6.45, 7) is 2.03. The first-order chi connectivity index (χ1) is 15.9. The second-order valence-corrected chi connectivity index (χ2v) is 10.8. The van der Waals surface area contributed by atoms with Crippen molar-refractivity contribution in [1.82, 2.24) is 9.80 Å². The average Bonchev–Trinajstić information content (AvgIpc) is 3.51. The van der Waals surface area contributed by atoms with Gasteiger partial charge in [-0.15, -0.1) is 0 Å². The number of piperazine rings is 1. The highest BCUT2D eigenvalue weighted by Crippen LogP contribution is 2.50. The van der Waals surface area contributed by atoms with Crippen molar-refractivity contribution in [2.24, 2.45) is 5.92 Å². The molecule has 2 aromatic carbocycles. The minimum Gasteiger partial charge on any atom is -0.454 e. The summed E-state index contributed by atoms with van der Waals surface area (Å²) < 4.78 is 35.6. The van der Waals surface area contributed by atoms with Gasteiger partial charge in [-0.1, -0.05) is 24.3 Å². The van der Waals surface area contributed by atoms with Gasteiger partial charge in [-0.2, -0.15) is 0 Å². The van der Waals surface area contributed by atoms with Crippen LogP contribution in [0.15, 0.2) is 53.4 Å². The molecule has 0 bridgehead atoms. The highest BCUT2D eigenvalue weighted by Gasteiger charge is 2.46. The van der Waals surface area contributed by atoms with Crippen LogP contribution in [0.4, 0.5) is 0 Å². The van der Waals surface area contributed by atoms with Gasteiger partial charge in [0.25, 0.3) is 0 Å². The zero-order valence-corrected chi connectivity index (χ0v) is 19.0. The predicted molar refractivity (Wildman–Crippen MR) is 120 cm³/mol. The Morgan fingerprint density at radius 1 is 0.909 bits per heavy atom. The van der Waals surface area contributed by atoms with E-state index in [9.17, 15) is 18.0 Å². The van der Waals surface area contributed by atoms with Crippen LogP contribution in [0.25, 0.3) is 0 Å². The lowest BCUT2D eigenvalue weighted by Crippen LogP contribution is -2.51. The van der Waals surface area contributed by atoms with E-state index in [1.54, 1.807) is 35.2 Å². The third kappa shape index (κ3) is 4.55. The summed E-state index contributed by atoms with van der Waals surface area (Å²) in [4.78, 5) is 29.2. The Labute approximate surface area is 193 Å². The fourth-order valence-electron chi connectivity index (χ4n) is 4.52. The molecule has 1 aliphatic carbocycles. The van der Waals surface area contributed by atoms with E-state index >= 15 is 0 Å². The maximum absolute atomic E-state index is 13.0. The van der Waals surface area contributed by atoms with Crippen molar-refractivity contribution in [1.29, 1.82) is 0 Å². The zero-order chi connectivity index (χ0) is 23.0. The molecular formula is C24H26N2O6S. The Bertz CT molecular complexity index is 1160. The molecule has 9 heteroatoms. The molecule has 2 aliphatic heterocycles. The van der Waals surface area contributed by atoms with Crippen LogP contribution in [-0.4, -0.2) is 68.8 Å². The van der Waals surface area contributed by atoms with Crippen molar-refractivity contribution < 1.29 is 27.5 Å². The first-order valence-electron chi connectivity index (χ1n) is 11.2. The first kappa shape index (κ1) is 21.8. The highest BCUT2D eigenvalue weighted by atomic mass is 32.2. The molecule has 2 heterocycles. The smallest absolute Gasteiger partial charge is 0.231 e. The van der Waals surface area contributed by atoms with E-state index in [-0.39, 0.29) is 47.5 Å². The molecule has 2 atom stereocenters. The summed E-state index contributed by atoms with van der Waals surface area (Å²) in [6, 6.07) is 14.0. The third-order valence-electron chi connectivity index (χ3n) is 6.56. The molecular weight excluding hydrogens is 444 g/mol. The summed E-state index contributed by atoms with van der Waals surface area (Å²) >= 11 is 0. The second-order valence-electron chi connectivity index (χ2n) is 8.65. The van der Waals surface area contributed by atoms with Crippen molar-refractivity contribution in [3.05, 3.63) is 54.1 Å². The van der Waals surface area contributed by atoms with Gasteiger partial charge in [-0.3, -0.25) is 9.59 Å². The number of amides is 2. The number of nitrogens with zero attached hydrogens (tertiary/aromatic N) is 2. The number of benzene rings is 2. The normalized spacial score (nSPS) is 21.7. The van der Waals surface area contributed by atoms with Crippen LogP contribution in [0.2, 0.25) is 0 Å². The highest BCUT2D eigenvalue weighted by molar-refractivity contribution is 7.91. The van der Waals surface area contributed by atoms with Crippen molar-refractivity contribution in [3.63, 3.8) is 0 Å². The van der Waals surface area contributed by atoms with Crippen LogP contribution < -0.4 is 9.47 Å². The van der Waals surface area contributed by atoms with E-state index in [0.717, 1.165) is 23.5 Å². The molecule has 1 saturated carbocycles. The van der Waals surface area contributed by atoms with Crippen molar-refractivity contribution >= 4 is 21.7 Å². The van der Waals surface area contributed by atoms with Crippen LogP contribution in [0.3, 0.4) is 0 Å². The second kappa shape index (κ2) is 8.70. The number of fused-ring (bicyclic) bond motifs is 1. The Morgan fingerprint density at radius 3 is 2.36 bits per heavy atom. The zero-order valence-electron chi connectivity index (χ0n) is 18.2. The van der Waals surface area contributed by atoms with E-state index < -0.39 is 9.84 Å². The van der Waals surface area contributed by atoms with Gasteiger partial charge in [-0.25, -0.2) is 8.42 Å². The van der Waals surface area contributed by atoms with Gasteiger partial charge in [-0.05, 0) is 42.2 Å². The van der Waals surface area contributed by atoms with E-state index in [4.69, 9.17) is 9.47 Å². The maximum atomic E-state index is 13.0. The van der Waals surface area contributed by atoms with Crippen LogP contribution in [0, 0.1) is 5.92 Å². The van der Waals surface area contributed by atoms with Gasteiger partial charge >= 0.3 is 0 Å². The summed E-state index contributed by atoms with van der Waals surface area (Å²) in [6.07, 6.45) is 0.759. The minimum absolute atomic E-state index is 0.0383. The Morgan fingerprint density at radius 2 is 1.61 bits per heavy atom. The molecule has 2 aromatic rings. The molecule has 0 unspecified atom stereocenters. The molecule has 2 fully saturated rings. The minimum atomic E-state index is -3.49. The van der Waals surface area contributed by atoms with Crippen LogP contribution in [-0.2, 0) is 19.4 Å². The van der Waals surface area contributed by atoms with Crippen LogP contribution >= 0.6 is 0 Å². The largest absolute Gasteiger partial charge is 0.454 e. The molecule has 1 saturated heterocycles. The average molecular weight is 471 g/mol. The standard InChI is InChI=1S/C24H26N2O6S/c27-23(8-13-33(29,30)18-4-2-1-3-5-18)25-9-11-26(12-10-25)24(28)20-15-19(20)17-6-7-21-22(14-17)32-16-31-21/h1-7,14,19-20H,8-13,15-16H2/t19-,20-/m1/s1. The molecule has 33 heavy (non-hydrogen) atoms. The van der Waals surface area contributed by atoms with Gasteiger partial charge in [0, 0.05) is 38.5 Å². The molecule has 0 N–H and O–H groups in total. The lowest BCUT2D eigenvalue weighted by molar-refractivity contribution is -0.140. The molecule has 0 radical (unpaired) electrons. The van der Waals surface area contributed by atoms with Crippen LogP contribution in [0.1, 0.15) is 24.3 Å². The molecule has 0 aromatic heterocycles. The van der Waals surface area contributed by atoms with Crippen LogP contribution in [0.5, 0.6) is 11.5 Å². The molecule has 8 nitrogen and oxygen atoms in total. The molecule has 2 amide bonds. The van der Waals surface area contributed by atoms with Crippen molar-refractivity contribution in [3.8, 4) is 11.5 Å². The first-order valence-corrected chi connectivity index (χ1v) is 12.8. The number of ether oxygens (including phenoxy) is 2. The van der Waals surface area contributed by atoms with Gasteiger partial charge in [0.2, 0.25) is 18.6 Å². The van der Waals surface area contributed by atoms with Crippen molar-refractivity contribution in [2.75, 3.05) is 38.7 Å². The summed E-state index contributed by atoms with van der Waals surface area (Å²) in [7, 11) is -3.49. The number of rotatable bonds is 6. The predicted octanol–water partition coefficient (Wildman–Crippen LogP) is 2.05. The topological polar surface area (TPSA) is 93.2 Å². The molecule has 3 aliphatic rings. The fourth-order valence-corrected chi connectivity index (χ4v) is 5.77. The van der Waals surface area contributed by atoms with Gasteiger partial charge in [0.05, 0.1) is 10.6 Å². The molecule has 5 rings (SSSR count). The number of sulfone groups is 1. The SMILES string of the molecule is O=C(CCS(=O)(=O)c1ccccc1)N1CCN(C(=O)[C@@H]2C[C@@H]2c2ccc3c(c2)OCO3)CC1. The summed E-state index contributed by atoms with van der Waals surface area (Å²) in [5.74, 6) is 1.33. The van der Waals surface area contributed by atoms with Gasteiger partial charge in [0.15, 0.2) is 21.3 Å². The van der Waals surface area contributed by atoms with Gasteiger partial charge in [0.1, 0.15) is 0 Å². The maximum Gasteiger partial charge on any atom is 0.231 e. The quantitative estimate of drug-likeness (QED) is 0.642. The van der Waals surface area contributed by atoms with E-state index in [0.29, 0.717) is 26.2 Å². The fraction of sp³-hybridized carbons (Fsp3) is 0.417. The van der Waals surface area contributed by atoms with Crippen molar-refractivity contribution in [2.45, 2.75) is 23.7 Å². The van der Waals surface area contributed by atoms with E-state index in [1.165, 1.54) is 0 Å². The summed E-state index contributed by atoms with van der Waals surface area (Å²) in [5.41, 5.74) is 1.09. The van der Waals surface area contributed by atoms with E-state index in [2.05, 4.69) is 0 Å². The Hall–Kier alpha value is -3.07. The lowest BCUT2D eigenvalue weighted by Gasteiger charge is -2.35. The summed E-state index contributed by atoms with van der Waals surface area (Å²) in [5, 5.41) is 0. The monoisotopic (exact) mass is 470 g/mol. The number of hydrogen-bond donors (Lipinski definition) is 0. The molecule has 174 valence electrons. The Balaban J connectivity index is 1.10. The third-order valence-corrected chi connectivity index (χ3v) is 8.30. The number of carbonyl (C=O) groups excluding carboxylic acids is 2. The molecule has 0 spiro atoms. The lowest BCUT2D eigenvalue weighted by atomic mass is 10.1. The number of hydrogen-bond acceptors (Lipinski definition) is 6. The number of carbonyl (C=O) groups is 2. The van der Waals surface area contributed by atoms with E-state index in [1.807, 2.05) is 23.1 Å². The van der Waals surface area contributed by atoms with Gasteiger partial charge < -0.3 is 19.3 Å². The Kier molecular flexibility index (Phi) is 5.74.